The molecular weight excluding hydrogens is 286 g/mol. The lowest BCUT2D eigenvalue weighted by molar-refractivity contribution is 0.112. The van der Waals surface area contributed by atoms with Gasteiger partial charge in [0.1, 0.15) is 5.75 Å². The first-order valence-corrected chi connectivity index (χ1v) is 7.99. The summed E-state index contributed by atoms with van der Waals surface area (Å²) in [5, 5.41) is 0.960. The van der Waals surface area contributed by atoms with Crippen LogP contribution in [0.25, 0.3) is 10.9 Å². The van der Waals surface area contributed by atoms with Crippen LogP contribution >= 0.6 is 0 Å². The van der Waals surface area contributed by atoms with Gasteiger partial charge in [-0.1, -0.05) is 37.3 Å². The highest BCUT2D eigenvalue weighted by atomic mass is 16.5. The van der Waals surface area contributed by atoms with Crippen LogP contribution in [0.5, 0.6) is 5.75 Å². The van der Waals surface area contributed by atoms with E-state index in [-0.39, 0.29) is 0 Å². The van der Waals surface area contributed by atoms with Crippen molar-refractivity contribution in [2.45, 2.75) is 26.8 Å². The molecule has 0 aliphatic rings. The van der Waals surface area contributed by atoms with E-state index in [0.29, 0.717) is 6.61 Å². The molecule has 0 amide bonds. The molecule has 3 rings (SSSR count). The Kier molecular flexibility index (Phi) is 4.47. The van der Waals surface area contributed by atoms with Crippen molar-refractivity contribution in [2.24, 2.45) is 0 Å². The summed E-state index contributed by atoms with van der Waals surface area (Å²) >= 11 is 0. The van der Waals surface area contributed by atoms with Crippen molar-refractivity contribution in [2.75, 3.05) is 6.61 Å². The molecule has 23 heavy (non-hydrogen) atoms. The minimum Gasteiger partial charge on any atom is -0.494 e. The standard InChI is InChI=1S/C20H21NO2/c1-3-11-23-17-9-10-20-18(12-17)19(14-22)15(2)21(20)13-16-7-5-4-6-8-16/h4-10,12,14H,3,11,13H2,1-2H3. The van der Waals surface area contributed by atoms with Crippen molar-refractivity contribution in [3.8, 4) is 5.75 Å². The van der Waals surface area contributed by atoms with Crippen LogP contribution in [0.2, 0.25) is 0 Å². The van der Waals surface area contributed by atoms with E-state index in [1.54, 1.807) is 0 Å². The number of hydrogen-bond donors (Lipinski definition) is 0. The summed E-state index contributed by atoms with van der Waals surface area (Å²) in [5.41, 5.74) is 4.03. The zero-order chi connectivity index (χ0) is 16.2. The predicted molar refractivity (Wildman–Crippen MR) is 93.4 cm³/mol. The van der Waals surface area contributed by atoms with E-state index in [0.717, 1.165) is 47.2 Å². The normalized spacial score (nSPS) is 10.9. The van der Waals surface area contributed by atoms with Crippen LogP contribution in [0.3, 0.4) is 0 Å². The fourth-order valence-corrected chi connectivity index (χ4v) is 2.92. The number of carbonyl (C=O) groups is 1. The molecule has 0 N–H and O–H groups in total. The molecule has 0 unspecified atom stereocenters. The first kappa shape index (κ1) is 15.3. The second kappa shape index (κ2) is 6.69. The number of hydrogen-bond acceptors (Lipinski definition) is 2. The predicted octanol–water partition coefficient (Wildman–Crippen LogP) is 4.60. The summed E-state index contributed by atoms with van der Waals surface area (Å²) in [6.45, 7) is 5.52. The lowest BCUT2D eigenvalue weighted by atomic mass is 10.1. The average molecular weight is 307 g/mol. The van der Waals surface area contributed by atoms with Gasteiger partial charge in [0.2, 0.25) is 0 Å². The Balaban J connectivity index is 2.07. The fourth-order valence-electron chi connectivity index (χ4n) is 2.92. The highest BCUT2D eigenvalue weighted by Gasteiger charge is 2.14. The number of nitrogens with zero attached hydrogens (tertiary/aromatic N) is 1. The topological polar surface area (TPSA) is 31.2 Å². The second-order valence-corrected chi connectivity index (χ2v) is 5.72. The van der Waals surface area contributed by atoms with Gasteiger partial charge >= 0.3 is 0 Å². The van der Waals surface area contributed by atoms with Gasteiger partial charge < -0.3 is 9.30 Å². The molecule has 0 bridgehead atoms. The van der Waals surface area contributed by atoms with Crippen molar-refractivity contribution in [1.82, 2.24) is 4.57 Å². The van der Waals surface area contributed by atoms with Gasteiger partial charge in [-0.05, 0) is 37.1 Å². The average Bonchev–Trinajstić information content (AvgIpc) is 2.85. The van der Waals surface area contributed by atoms with Gasteiger partial charge in [0.15, 0.2) is 6.29 Å². The van der Waals surface area contributed by atoms with Crippen LogP contribution in [0.15, 0.2) is 48.5 Å². The minimum absolute atomic E-state index is 0.686. The third-order valence-electron chi connectivity index (χ3n) is 4.12. The van der Waals surface area contributed by atoms with Crippen LogP contribution in [0, 0.1) is 6.92 Å². The summed E-state index contributed by atoms with van der Waals surface area (Å²) in [4.78, 5) is 11.6. The number of aromatic nitrogens is 1. The monoisotopic (exact) mass is 307 g/mol. The number of ether oxygens (including phenoxy) is 1. The first-order valence-electron chi connectivity index (χ1n) is 7.99. The number of aldehydes is 1. The van der Waals surface area contributed by atoms with E-state index in [9.17, 15) is 4.79 Å². The Hall–Kier alpha value is -2.55. The molecule has 1 aromatic heterocycles. The molecule has 0 radical (unpaired) electrons. The number of carbonyl (C=O) groups excluding carboxylic acids is 1. The van der Waals surface area contributed by atoms with Gasteiger partial charge in [0.05, 0.1) is 6.61 Å². The molecule has 1 heterocycles. The van der Waals surface area contributed by atoms with E-state index in [4.69, 9.17) is 4.74 Å². The second-order valence-electron chi connectivity index (χ2n) is 5.72. The molecular formula is C20H21NO2. The maximum Gasteiger partial charge on any atom is 0.152 e. The Morgan fingerprint density at radius 2 is 1.91 bits per heavy atom. The number of fused-ring (bicyclic) bond motifs is 1. The summed E-state index contributed by atoms with van der Waals surface area (Å²) in [6, 6.07) is 16.3. The van der Waals surface area contributed by atoms with Crippen molar-refractivity contribution in [1.29, 1.82) is 0 Å². The van der Waals surface area contributed by atoms with Crippen LogP contribution in [-0.4, -0.2) is 17.5 Å². The molecule has 0 saturated carbocycles. The fraction of sp³-hybridized carbons (Fsp3) is 0.250. The highest BCUT2D eigenvalue weighted by Crippen LogP contribution is 2.29. The van der Waals surface area contributed by atoms with Gasteiger partial charge in [-0.25, -0.2) is 0 Å². The Morgan fingerprint density at radius 3 is 2.61 bits per heavy atom. The van der Waals surface area contributed by atoms with Crippen molar-refractivity contribution in [3.63, 3.8) is 0 Å². The highest BCUT2D eigenvalue weighted by molar-refractivity contribution is 6.00. The third-order valence-corrected chi connectivity index (χ3v) is 4.12. The first-order chi connectivity index (χ1) is 11.2. The van der Waals surface area contributed by atoms with Crippen molar-refractivity contribution in [3.05, 3.63) is 65.4 Å². The van der Waals surface area contributed by atoms with Gasteiger partial charge in [0.25, 0.3) is 0 Å². The van der Waals surface area contributed by atoms with Gasteiger partial charge in [-0.2, -0.15) is 0 Å². The number of benzene rings is 2. The molecule has 2 aromatic carbocycles. The van der Waals surface area contributed by atoms with Gasteiger partial charge in [0, 0.05) is 28.7 Å². The molecule has 3 heteroatoms. The largest absolute Gasteiger partial charge is 0.494 e. The summed E-state index contributed by atoms with van der Waals surface area (Å²) in [5.74, 6) is 0.819. The zero-order valence-electron chi connectivity index (χ0n) is 13.6. The van der Waals surface area contributed by atoms with Crippen molar-refractivity contribution < 1.29 is 9.53 Å². The maximum absolute atomic E-state index is 11.6. The van der Waals surface area contributed by atoms with Crippen LogP contribution in [0.4, 0.5) is 0 Å². The van der Waals surface area contributed by atoms with Crippen LogP contribution < -0.4 is 4.74 Å². The quantitative estimate of drug-likeness (QED) is 0.623. The van der Waals surface area contributed by atoms with E-state index in [1.807, 2.05) is 43.3 Å². The van der Waals surface area contributed by atoms with Crippen LogP contribution in [0.1, 0.15) is 35.0 Å². The van der Waals surface area contributed by atoms with E-state index >= 15 is 0 Å². The smallest absolute Gasteiger partial charge is 0.152 e. The summed E-state index contributed by atoms with van der Waals surface area (Å²) in [6.07, 6.45) is 1.91. The van der Waals surface area contributed by atoms with Gasteiger partial charge in [-0.15, -0.1) is 0 Å². The molecule has 3 aromatic rings. The lowest BCUT2D eigenvalue weighted by Crippen LogP contribution is -2.02. The van der Waals surface area contributed by atoms with E-state index in [1.165, 1.54) is 5.56 Å². The molecule has 0 spiro atoms. The molecule has 0 aliphatic carbocycles. The third kappa shape index (κ3) is 3.00. The van der Waals surface area contributed by atoms with E-state index < -0.39 is 0 Å². The summed E-state index contributed by atoms with van der Waals surface area (Å²) < 4.78 is 7.90. The van der Waals surface area contributed by atoms with Crippen molar-refractivity contribution >= 4 is 17.2 Å². The SMILES string of the molecule is CCCOc1ccc2c(c1)c(C=O)c(C)n2Cc1ccccc1. The zero-order valence-corrected chi connectivity index (χ0v) is 13.6. The van der Waals surface area contributed by atoms with Gasteiger partial charge in [-0.3, -0.25) is 4.79 Å². The Labute approximate surface area is 136 Å². The molecule has 0 atom stereocenters. The lowest BCUT2D eigenvalue weighted by Gasteiger charge is -2.09. The minimum atomic E-state index is 0.686. The van der Waals surface area contributed by atoms with E-state index in [2.05, 4.69) is 23.6 Å². The Morgan fingerprint density at radius 1 is 1.13 bits per heavy atom. The molecule has 0 saturated heterocycles. The Bertz CT molecular complexity index is 819. The number of rotatable bonds is 6. The molecule has 118 valence electrons. The maximum atomic E-state index is 11.6. The molecule has 0 aliphatic heterocycles. The summed E-state index contributed by atoms with van der Waals surface area (Å²) in [7, 11) is 0. The molecule has 0 fully saturated rings. The van der Waals surface area contributed by atoms with Crippen LogP contribution in [-0.2, 0) is 6.54 Å². The molecule has 3 nitrogen and oxygen atoms in total.